The summed E-state index contributed by atoms with van der Waals surface area (Å²) in [5, 5.41) is 17.7. The highest BCUT2D eigenvalue weighted by molar-refractivity contribution is 5.98. The summed E-state index contributed by atoms with van der Waals surface area (Å²) in [5.41, 5.74) is 2.72. The lowest BCUT2D eigenvalue weighted by molar-refractivity contribution is -0.145. The molecule has 5 rings (SSSR count). The fourth-order valence-electron chi connectivity index (χ4n) is 5.27. The molecular formula is C26H29N5O2. The molecule has 33 heavy (non-hydrogen) atoms. The van der Waals surface area contributed by atoms with Gasteiger partial charge in [-0.25, -0.2) is 0 Å². The first-order valence-electron chi connectivity index (χ1n) is 11.6. The molecule has 3 aromatic rings. The number of nitrogens with zero attached hydrogens (tertiary/aromatic N) is 2. The summed E-state index contributed by atoms with van der Waals surface area (Å²) >= 11 is 0. The van der Waals surface area contributed by atoms with Crippen molar-refractivity contribution in [1.29, 1.82) is 10.8 Å². The molecule has 1 spiro atoms. The van der Waals surface area contributed by atoms with Crippen LogP contribution in [0.1, 0.15) is 43.2 Å². The molecule has 3 heterocycles. The summed E-state index contributed by atoms with van der Waals surface area (Å²) in [6.45, 7) is 1.89. The van der Waals surface area contributed by atoms with Gasteiger partial charge in [-0.1, -0.05) is 30.3 Å². The number of benzene rings is 2. The van der Waals surface area contributed by atoms with Crippen LogP contribution < -0.4 is 0 Å². The van der Waals surface area contributed by atoms with Gasteiger partial charge in [0, 0.05) is 54.3 Å². The molecule has 0 aliphatic carbocycles. The van der Waals surface area contributed by atoms with Crippen LogP contribution in [0.25, 0.3) is 10.9 Å². The lowest BCUT2D eigenvalue weighted by atomic mass is 9.78. The number of H-pyrrole nitrogens is 1. The van der Waals surface area contributed by atoms with Crippen molar-refractivity contribution in [3.8, 4) is 0 Å². The Balaban J connectivity index is 1.28. The zero-order valence-electron chi connectivity index (χ0n) is 18.6. The molecule has 1 amide bonds. The molecule has 0 unspecified atom stereocenters. The van der Waals surface area contributed by atoms with Gasteiger partial charge in [-0.05, 0) is 55.5 Å². The second kappa shape index (κ2) is 8.73. The number of likely N-dealkylation sites (tertiary alicyclic amines) is 2. The van der Waals surface area contributed by atoms with Crippen LogP contribution in [0.4, 0.5) is 0 Å². The van der Waals surface area contributed by atoms with Crippen molar-refractivity contribution in [3.05, 3.63) is 71.9 Å². The third-order valence-corrected chi connectivity index (χ3v) is 7.14. The average Bonchev–Trinajstić information content (AvgIpc) is 3.32. The molecule has 1 aromatic heterocycles. The number of aromatic nitrogens is 1. The van der Waals surface area contributed by atoms with Crippen LogP contribution in [0.2, 0.25) is 0 Å². The molecule has 170 valence electrons. The maximum Gasteiger partial charge on any atom is 0.291 e. The first-order chi connectivity index (χ1) is 16.1. The lowest BCUT2D eigenvalue weighted by Gasteiger charge is -2.51. The zero-order valence-corrected chi connectivity index (χ0v) is 18.6. The third kappa shape index (κ3) is 4.11. The Morgan fingerprint density at radius 2 is 1.79 bits per heavy atom. The van der Waals surface area contributed by atoms with Gasteiger partial charge in [-0.3, -0.25) is 15.6 Å². The number of hydrogen-bond donors (Lipinski definition) is 3. The number of amides is 1. The molecule has 2 aromatic carbocycles. The van der Waals surface area contributed by atoms with E-state index in [-0.39, 0.29) is 23.4 Å². The number of carbonyl (C=O) groups is 1. The summed E-state index contributed by atoms with van der Waals surface area (Å²) < 4.78 is 5.54. The topological polar surface area (TPSA) is 96.3 Å². The molecule has 2 saturated heterocycles. The highest BCUT2D eigenvalue weighted by Gasteiger charge is 2.45. The Morgan fingerprint density at radius 1 is 1.00 bits per heavy atom. The Morgan fingerprint density at radius 3 is 2.58 bits per heavy atom. The molecule has 2 aliphatic heterocycles. The summed E-state index contributed by atoms with van der Waals surface area (Å²) in [6.07, 6.45) is 6.04. The Hall–Kier alpha value is -3.61. The van der Waals surface area contributed by atoms with Crippen LogP contribution >= 0.6 is 0 Å². The smallest absolute Gasteiger partial charge is 0.291 e. The van der Waals surface area contributed by atoms with E-state index in [4.69, 9.17) is 15.6 Å². The first kappa shape index (κ1) is 21.2. The maximum atomic E-state index is 13.1. The van der Waals surface area contributed by atoms with Crippen molar-refractivity contribution < 1.29 is 9.53 Å². The number of carbonyl (C=O) groups excluding carboxylic acids is 1. The lowest BCUT2D eigenvalue weighted by Crippen LogP contribution is -2.59. The summed E-state index contributed by atoms with van der Waals surface area (Å²) in [4.78, 5) is 20.3. The Bertz CT molecular complexity index is 1180. The van der Waals surface area contributed by atoms with E-state index in [2.05, 4.69) is 28.1 Å². The fraction of sp³-hybridized carbons (Fsp3) is 0.346. The van der Waals surface area contributed by atoms with Gasteiger partial charge in [0.15, 0.2) is 0 Å². The Kier molecular flexibility index (Phi) is 5.62. The van der Waals surface area contributed by atoms with Gasteiger partial charge in [0.25, 0.3) is 6.02 Å². The van der Waals surface area contributed by atoms with E-state index in [9.17, 15) is 4.79 Å². The minimum atomic E-state index is -0.183. The van der Waals surface area contributed by atoms with Crippen LogP contribution in [0, 0.1) is 10.8 Å². The van der Waals surface area contributed by atoms with Crippen LogP contribution in [0.5, 0.6) is 0 Å². The van der Waals surface area contributed by atoms with Crippen LogP contribution in [0.3, 0.4) is 0 Å². The standard InChI is InChI=1S/C26H29N5O2/c27-24(19-6-2-1-3-7-19)33-25(28)30-16-13-26(14-17-30)12-5-10-23(32)31(26)18-20-8-4-9-22-21(20)11-15-29-22/h1-4,6-9,11,15,27-29H,5,10,12-14,16-18H2. The first-order valence-corrected chi connectivity index (χ1v) is 11.6. The molecule has 0 radical (unpaired) electrons. The highest BCUT2D eigenvalue weighted by atomic mass is 16.5. The molecular weight excluding hydrogens is 414 g/mol. The van der Waals surface area contributed by atoms with Crippen molar-refractivity contribution in [2.75, 3.05) is 13.1 Å². The molecule has 0 atom stereocenters. The zero-order chi connectivity index (χ0) is 22.8. The monoisotopic (exact) mass is 443 g/mol. The number of ether oxygens (including phenoxy) is 1. The van der Waals surface area contributed by atoms with E-state index >= 15 is 0 Å². The number of amidine groups is 1. The number of hydrogen-bond acceptors (Lipinski definition) is 4. The van der Waals surface area contributed by atoms with E-state index in [1.165, 1.54) is 0 Å². The minimum absolute atomic E-state index is 0.00415. The van der Waals surface area contributed by atoms with E-state index in [0.717, 1.165) is 42.1 Å². The highest BCUT2D eigenvalue weighted by Crippen LogP contribution is 2.39. The van der Waals surface area contributed by atoms with Gasteiger partial charge in [0.05, 0.1) is 0 Å². The third-order valence-electron chi connectivity index (χ3n) is 7.14. The number of piperidine rings is 2. The largest absolute Gasteiger partial charge is 0.407 e. The van der Waals surface area contributed by atoms with E-state index in [1.807, 2.05) is 35.4 Å². The molecule has 0 saturated carbocycles. The summed E-state index contributed by atoms with van der Waals surface area (Å²) in [5.74, 6) is 0.203. The normalized spacial score (nSPS) is 18.0. The summed E-state index contributed by atoms with van der Waals surface area (Å²) in [6, 6.07) is 17.5. The van der Waals surface area contributed by atoms with E-state index in [1.54, 1.807) is 12.1 Å². The van der Waals surface area contributed by atoms with Gasteiger partial charge in [-0.15, -0.1) is 0 Å². The molecule has 3 N–H and O–H groups in total. The van der Waals surface area contributed by atoms with Crippen molar-refractivity contribution >= 4 is 28.7 Å². The van der Waals surface area contributed by atoms with Gasteiger partial charge in [0.2, 0.25) is 11.8 Å². The minimum Gasteiger partial charge on any atom is -0.407 e. The van der Waals surface area contributed by atoms with Crippen LogP contribution in [0.15, 0.2) is 60.8 Å². The number of rotatable bonds is 3. The van der Waals surface area contributed by atoms with Crippen molar-refractivity contribution in [2.24, 2.45) is 0 Å². The van der Waals surface area contributed by atoms with E-state index in [0.29, 0.717) is 31.6 Å². The molecule has 2 aliphatic rings. The second-order valence-corrected chi connectivity index (χ2v) is 9.00. The second-order valence-electron chi connectivity index (χ2n) is 9.00. The van der Waals surface area contributed by atoms with Crippen molar-refractivity contribution in [1.82, 2.24) is 14.8 Å². The maximum absolute atomic E-state index is 13.1. The van der Waals surface area contributed by atoms with E-state index < -0.39 is 0 Å². The molecule has 2 fully saturated rings. The van der Waals surface area contributed by atoms with Gasteiger partial charge >= 0.3 is 0 Å². The Labute approximate surface area is 193 Å². The molecule has 7 nitrogen and oxygen atoms in total. The summed E-state index contributed by atoms with van der Waals surface area (Å²) in [7, 11) is 0. The predicted molar refractivity (Wildman–Crippen MR) is 128 cm³/mol. The molecule has 7 heteroatoms. The predicted octanol–water partition coefficient (Wildman–Crippen LogP) is 4.49. The number of aromatic amines is 1. The van der Waals surface area contributed by atoms with Crippen LogP contribution in [-0.4, -0.2) is 51.2 Å². The van der Waals surface area contributed by atoms with Crippen LogP contribution in [-0.2, 0) is 16.1 Å². The number of fused-ring (bicyclic) bond motifs is 1. The van der Waals surface area contributed by atoms with Gasteiger partial charge in [0.1, 0.15) is 0 Å². The average molecular weight is 444 g/mol. The quantitative estimate of drug-likeness (QED) is 0.411. The van der Waals surface area contributed by atoms with Gasteiger partial charge in [-0.2, -0.15) is 0 Å². The SMILES string of the molecule is N=C(OC(=N)N1CCC2(CCCC(=O)N2Cc2cccc3[nH]ccc23)CC1)c1ccccc1. The van der Waals surface area contributed by atoms with Gasteiger partial charge < -0.3 is 19.5 Å². The number of nitrogens with one attached hydrogen (secondary N) is 3. The van der Waals surface area contributed by atoms with Crippen molar-refractivity contribution in [2.45, 2.75) is 44.2 Å². The molecule has 0 bridgehead atoms. The fourth-order valence-corrected chi connectivity index (χ4v) is 5.27. The van der Waals surface area contributed by atoms with Crippen molar-refractivity contribution in [3.63, 3.8) is 0 Å².